The van der Waals surface area contributed by atoms with E-state index in [2.05, 4.69) is 10.1 Å². The van der Waals surface area contributed by atoms with Crippen LogP contribution >= 0.6 is 0 Å². The summed E-state index contributed by atoms with van der Waals surface area (Å²) in [6, 6.07) is 13.0. The first-order chi connectivity index (χ1) is 10.2. The van der Waals surface area contributed by atoms with Crippen molar-refractivity contribution in [1.29, 1.82) is 0 Å². The van der Waals surface area contributed by atoms with Crippen molar-refractivity contribution in [2.45, 2.75) is 19.5 Å². The first-order valence-corrected chi connectivity index (χ1v) is 6.70. The van der Waals surface area contributed by atoms with Crippen molar-refractivity contribution >= 4 is 5.65 Å². The van der Waals surface area contributed by atoms with E-state index in [-0.39, 0.29) is 11.8 Å². The zero-order chi connectivity index (χ0) is 14.4. The molecular weight excluding hydrogens is 270 g/mol. The minimum Gasteiger partial charge on any atom is -0.339 e. The SMILES string of the molecule is CC1OC(c2cc(=O)n3nc(-c4ccccc4)cc3[nH]2)O1. The van der Waals surface area contributed by atoms with Gasteiger partial charge in [0.2, 0.25) is 6.29 Å². The fraction of sp³-hybridized carbons (Fsp3) is 0.200. The summed E-state index contributed by atoms with van der Waals surface area (Å²) in [7, 11) is 0. The van der Waals surface area contributed by atoms with Crippen LogP contribution in [-0.4, -0.2) is 20.9 Å². The number of H-pyrrole nitrogens is 1. The Hall–Kier alpha value is -2.44. The molecule has 1 N–H and O–H groups in total. The van der Waals surface area contributed by atoms with Crippen molar-refractivity contribution in [3.8, 4) is 11.3 Å². The first-order valence-electron chi connectivity index (χ1n) is 6.70. The molecule has 1 aliphatic rings. The maximum atomic E-state index is 12.1. The normalized spacial score (nSPS) is 21.4. The van der Waals surface area contributed by atoms with Crippen molar-refractivity contribution in [3.63, 3.8) is 0 Å². The molecule has 0 spiro atoms. The number of hydrogen-bond acceptors (Lipinski definition) is 4. The summed E-state index contributed by atoms with van der Waals surface area (Å²) in [6.45, 7) is 1.81. The maximum Gasteiger partial charge on any atom is 0.274 e. The lowest BCUT2D eigenvalue weighted by Gasteiger charge is -2.33. The van der Waals surface area contributed by atoms with Gasteiger partial charge in [0.15, 0.2) is 6.29 Å². The topological polar surface area (TPSA) is 68.6 Å². The summed E-state index contributed by atoms with van der Waals surface area (Å²) < 4.78 is 12.1. The molecule has 0 saturated carbocycles. The molecule has 3 aromatic rings. The van der Waals surface area contributed by atoms with Crippen molar-refractivity contribution in [3.05, 3.63) is 58.5 Å². The van der Waals surface area contributed by atoms with Gasteiger partial charge >= 0.3 is 0 Å². The van der Waals surface area contributed by atoms with Crippen molar-refractivity contribution in [2.75, 3.05) is 0 Å². The summed E-state index contributed by atoms with van der Waals surface area (Å²) in [5, 5.41) is 4.33. The van der Waals surface area contributed by atoms with Crippen LogP contribution in [-0.2, 0) is 9.47 Å². The fourth-order valence-corrected chi connectivity index (χ4v) is 2.40. The molecular formula is C15H13N3O3. The largest absolute Gasteiger partial charge is 0.339 e. The number of ether oxygens (including phenoxy) is 2. The molecule has 0 aliphatic carbocycles. The molecule has 6 nitrogen and oxygen atoms in total. The second-order valence-electron chi connectivity index (χ2n) is 4.93. The van der Waals surface area contributed by atoms with Crippen LogP contribution in [0.4, 0.5) is 0 Å². The van der Waals surface area contributed by atoms with Crippen LogP contribution in [0, 0.1) is 0 Å². The molecule has 1 aromatic carbocycles. The maximum absolute atomic E-state index is 12.1. The van der Waals surface area contributed by atoms with Crippen LogP contribution in [0.2, 0.25) is 0 Å². The van der Waals surface area contributed by atoms with Crippen LogP contribution in [0.15, 0.2) is 47.3 Å². The average Bonchev–Trinajstić information content (AvgIpc) is 2.89. The van der Waals surface area contributed by atoms with Crippen molar-refractivity contribution < 1.29 is 9.47 Å². The number of nitrogens with zero attached hydrogens (tertiary/aromatic N) is 2. The lowest BCUT2D eigenvalue weighted by atomic mass is 10.2. The number of hydrogen-bond donors (Lipinski definition) is 1. The van der Waals surface area contributed by atoms with Gasteiger partial charge in [0, 0.05) is 17.7 Å². The second kappa shape index (κ2) is 4.54. The Morgan fingerprint density at radius 2 is 1.95 bits per heavy atom. The summed E-state index contributed by atoms with van der Waals surface area (Å²) in [4.78, 5) is 15.3. The summed E-state index contributed by atoms with van der Waals surface area (Å²) in [5.41, 5.74) is 2.70. The average molecular weight is 283 g/mol. The molecule has 0 bridgehead atoms. The van der Waals surface area contributed by atoms with E-state index in [4.69, 9.17) is 9.47 Å². The quantitative estimate of drug-likeness (QED) is 0.782. The lowest BCUT2D eigenvalue weighted by Crippen LogP contribution is -2.33. The highest BCUT2D eigenvalue weighted by atomic mass is 16.9. The number of benzene rings is 1. The number of aromatic nitrogens is 3. The third-order valence-corrected chi connectivity index (χ3v) is 3.42. The minimum atomic E-state index is -0.507. The molecule has 4 rings (SSSR count). The molecule has 0 amide bonds. The van der Waals surface area contributed by atoms with Gasteiger partial charge in [0.25, 0.3) is 5.56 Å². The molecule has 6 heteroatoms. The van der Waals surface area contributed by atoms with Gasteiger partial charge < -0.3 is 14.5 Å². The predicted octanol–water partition coefficient (Wildman–Crippen LogP) is 2.08. The first kappa shape index (κ1) is 12.3. The lowest BCUT2D eigenvalue weighted by molar-refractivity contribution is -0.383. The van der Waals surface area contributed by atoms with E-state index in [1.165, 1.54) is 10.6 Å². The highest BCUT2D eigenvalue weighted by Crippen LogP contribution is 2.29. The summed E-state index contributed by atoms with van der Waals surface area (Å²) >= 11 is 0. The Bertz CT molecular complexity index is 847. The van der Waals surface area contributed by atoms with Gasteiger partial charge in [-0.1, -0.05) is 30.3 Å². The Balaban J connectivity index is 1.81. The van der Waals surface area contributed by atoms with Gasteiger partial charge in [-0.05, 0) is 6.92 Å². The molecule has 21 heavy (non-hydrogen) atoms. The van der Waals surface area contributed by atoms with E-state index in [1.807, 2.05) is 36.4 Å². The van der Waals surface area contributed by atoms with E-state index >= 15 is 0 Å². The minimum absolute atomic E-state index is 0.215. The molecule has 1 aliphatic heterocycles. The van der Waals surface area contributed by atoms with Gasteiger partial charge in [-0.3, -0.25) is 4.79 Å². The number of aromatic amines is 1. The molecule has 0 radical (unpaired) electrons. The molecule has 1 fully saturated rings. The smallest absolute Gasteiger partial charge is 0.274 e. The number of rotatable bonds is 2. The van der Waals surface area contributed by atoms with E-state index < -0.39 is 6.29 Å². The summed E-state index contributed by atoms with van der Waals surface area (Å²) in [6.07, 6.45) is -0.743. The van der Waals surface area contributed by atoms with E-state index in [9.17, 15) is 4.79 Å². The molecule has 0 unspecified atom stereocenters. The van der Waals surface area contributed by atoms with Crippen LogP contribution in [0.5, 0.6) is 0 Å². The molecule has 106 valence electrons. The van der Waals surface area contributed by atoms with Crippen LogP contribution in [0.25, 0.3) is 16.9 Å². The van der Waals surface area contributed by atoms with E-state index in [0.29, 0.717) is 11.3 Å². The Kier molecular flexibility index (Phi) is 2.66. The Morgan fingerprint density at radius 1 is 1.19 bits per heavy atom. The molecule has 3 heterocycles. The van der Waals surface area contributed by atoms with Gasteiger partial charge in [-0.25, -0.2) is 0 Å². The van der Waals surface area contributed by atoms with Crippen molar-refractivity contribution in [2.24, 2.45) is 0 Å². The van der Waals surface area contributed by atoms with Gasteiger partial charge in [-0.15, -0.1) is 0 Å². The monoisotopic (exact) mass is 283 g/mol. The number of nitrogens with one attached hydrogen (secondary N) is 1. The van der Waals surface area contributed by atoms with Crippen molar-refractivity contribution in [1.82, 2.24) is 14.6 Å². The molecule has 0 atom stereocenters. The van der Waals surface area contributed by atoms with Gasteiger partial charge in [0.05, 0.1) is 11.4 Å². The van der Waals surface area contributed by atoms with Gasteiger partial charge in [-0.2, -0.15) is 9.61 Å². The summed E-state index contributed by atoms with van der Waals surface area (Å²) in [5.74, 6) is 0. The van der Waals surface area contributed by atoms with Crippen LogP contribution in [0.3, 0.4) is 0 Å². The molecule has 1 saturated heterocycles. The second-order valence-corrected chi connectivity index (χ2v) is 4.93. The zero-order valence-corrected chi connectivity index (χ0v) is 11.3. The third-order valence-electron chi connectivity index (χ3n) is 3.42. The third kappa shape index (κ3) is 2.05. The zero-order valence-electron chi connectivity index (χ0n) is 11.3. The fourth-order valence-electron chi connectivity index (χ4n) is 2.40. The van der Waals surface area contributed by atoms with E-state index in [1.54, 1.807) is 6.92 Å². The van der Waals surface area contributed by atoms with Crippen LogP contribution in [0.1, 0.15) is 18.9 Å². The molecule has 2 aromatic heterocycles. The predicted molar refractivity (Wildman–Crippen MR) is 75.6 cm³/mol. The Labute approximate surface area is 119 Å². The highest BCUT2D eigenvalue weighted by Gasteiger charge is 2.29. The standard InChI is InChI=1S/C15H13N3O3/c1-9-20-15(21-9)12-8-14(19)18-13(16-12)7-11(17-18)10-5-3-2-4-6-10/h2-9,15-16H,1H3. The Morgan fingerprint density at radius 3 is 2.67 bits per heavy atom. The van der Waals surface area contributed by atoms with Crippen LogP contribution < -0.4 is 5.56 Å². The van der Waals surface area contributed by atoms with E-state index in [0.717, 1.165) is 11.3 Å². The highest BCUT2D eigenvalue weighted by molar-refractivity contribution is 5.63. The van der Waals surface area contributed by atoms with Gasteiger partial charge in [0.1, 0.15) is 5.65 Å². The number of fused-ring (bicyclic) bond motifs is 1.